The lowest BCUT2D eigenvalue weighted by Crippen LogP contribution is -2.52. The molecule has 0 aliphatic carbocycles. The molecule has 5 nitrogen and oxygen atoms in total. The van der Waals surface area contributed by atoms with Crippen molar-refractivity contribution in [2.45, 2.75) is 12.2 Å². The number of amides is 3. The van der Waals surface area contributed by atoms with Gasteiger partial charge in [0.25, 0.3) is 0 Å². The van der Waals surface area contributed by atoms with Gasteiger partial charge in [-0.15, -0.1) is 0 Å². The topological polar surface area (TPSA) is 70.2 Å². The summed E-state index contributed by atoms with van der Waals surface area (Å²) in [6.45, 7) is 3.68. The number of benzene rings is 2. The van der Waals surface area contributed by atoms with Crippen LogP contribution in [0.25, 0.3) is 0 Å². The molecule has 0 unspecified atom stereocenters. The molecular weight excluding hydrogens is 430 g/mol. The number of anilines is 1. The van der Waals surface area contributed by atoms with E-state index < -0.39 is 41.3 Å². The molecule has 2 aromatic rings. The minimum atomic E-state index is -4.66. The van der Waals surface area contributed by atoms with Crippen molar-refractivity contribution in [1.82, 2.24) is 10.6 Å². The zero-order valence-electron chi connectivity index (χ0n) is 14.6. The van der Waals surface area contributed by atoms with Crippen molar-refractivity contribution in [3.05, 3.63) is 75.9 Å². The number of carbonyl (C=O) groups is 2. The fraction of sp³-hybridized carbons (Fsp3) is 0.158. The fourth-order valence-corrected chi connectivity index (χ4v) is 3.49. The first-order chi connectivity index (χ1) is 13.6. The van der Waals surface area contributed by atoms with Crippen LogP contribution in [0.15, 0.2) is 54.7 Å². The van der Waals surface area contributed by atoms with Gasteiger partial charge in [-0.25, -0.2) is 4.79 Å². The zero-order chi connectivity index (χ0) is 21.3. The normalized spacial score (nSPS) is 19.3. The molecule has 0 bridgehead atoms. The molecule has 1 aliphatic rings. The Morgan fingerprint density at radius 1 is 1.10 bits per heavy atom. The van der Waals surface area contributed by atoms with Crippen LogP contribution in [-0.2, 0) is 11.0 Å². The SMILES string of the molecule is C=C1NC(=O)N[C@H](c2cccc(Cl)c2Cl)[C@H]1C(=O)Nc1ccccc1C(F)(F)F. The van der Waals surface area contributed by atoms with Gasteiger partial charge in [0.1, 0.15) is 5.92 Å². The summed E-state index contributed by atoms with van der Waals surface area (Å²) in [5, 5.41) is 7.52. The van der Waals surface area contributed by atoms with E-state index in [2.05, 4.69) is 22.5 Å². The van der Waals surface area contributed by atoms with E-state index in [0.29, 0.717) is 5.56 Å². The van der Waals surface area contributed by atoms with E-state index in [9.17, 15) is 22.8 Å². The van der Waals surface area contributed by atoms with Gasteiger partial charge in [0.2, 0.25) is 5.91 Å². The second kappa shape index (κ2) is 7.96. The number of hydrogen-bond donors (Lipinski definition) is 3. The van der Waals surface area contributed by atoms with Crippen LogP contribution in [0.3, 0.4) is 0 Å². The number of alkyl halides is 3. The molecule has 10 heteroatoms. The van der Waals surface area contributed by atoms with E-state index in [1.54, 1.807) is 12.1 Å². The Morgan fingerprint density at radius 2 is 1.79 bits per heavy atom. The van der Waals surface area contributed by atoms with Crippen LogP contribution in [0.2, 0.25) is 10.0 Å². The highest BCUT2D eigenvalue weighted by Crippen LogP contribution is 2.38. The van der Waals surface area contributed by atoms with Crippen LogP contribution >= 0.6 is 23.2 Å². The van der Waals surface area contributed by atoms with Crippen molar-refractivity contribution < 1.29 is 22.8 Å². The fourth-order valence-electron chi connectivity index (χ4n) is 3.06. The van der Waals surface area contributed by atoms with E-state index in [1.165, 1.54) is 18.2 Å². The zero-order valence-corrected chi connectivity index (χ0v) is 16.1. The molecule has 0 spiro atoms. The Kier molecular flexibility index (Phi) is 5.77. The van der Waals surface area contributed by atoms with Gasteiger partial charge in [0.15, 0.2) is 0 Å². The molecule has 1 fully saturated rings. The lowest BCUT2D eigenvalue weighted by molar-refractivity contribution is -0.137. The van der Waals surface area contributed by atoms with Crippen molar-refractivity contribution in [3.63, 3.8) is 0 Å². The first kappa shape index (κ1) is 21.0. The van der Waals surface area contributed by atoms with Crippen molar-refractivity contribution >= 4 is 40.8 Å². The number of urea groups is 1. The summed E-state index contributed by atoms with van der Waals surface area (Å²) in [6.07, 6.45) is -4.66. The Bertz CT molecular complexity index is 995. The maximum Gasteiger partial charge on any atom is 0.418 e. The molecule has 152 valence electrons. The molecule has 3 rings (SSSR count). The summed E-state index contributed by atoms with van der Waals surface area (Å²) in [5.74, 6) is -1.95. The molecule has 3 amide bonds. The molecule has 1 heterocycles. The predicted octanol–water partition coefficient (Wildman–Crippen LogP) is 5.13. The van der Waals surface area contributed by atoms with Gasteiger partial charge in [-0.3, -0.25) is 4.79 Å². The number of rotatable bonds is 3. The van der Waals surface area contributed by atoms with Crippen molar-refractivity contribution in [3.8, 4) is 0 Å². The first-order valence-corrected chi connectivity index (χ1v) is 9.02. The number of para-hydroxylation sites is 1. The molecule has 0 saturated carbocycles. The highest BCUT2D eigenvalue weighted by atomic mass is 35.5. The number of halogens is 5. The lowest BCUT2D eigenvalue weighted by atomic mass is 9.88. The van der Waals surface area contributed by atoms with Crippen molar-refractivity contribution in [1.29, 1.82) is 0 Å². The smallest absolute Gasteiger partial charge is 0.330 e. The van der Waals surface area contributed by atoms with Gasteiger partial charge in [0.05, 0.1) is 27.3 Å². The summed E-state index contributed by atoms with van der Waals surface area (Å²) in [4.78, 5) is 24.9. The van der Waals surface area contributed by atoms with Gasteiger partial charge in [-0.1, -0.05) is 54.0 Å². The van der Waals surface area contributed by atoms with E-state index in [1.807, 2.05) is 0 Å². The summed E-state index contributed by atoms with van der Waals surface area (Å²) in [7, 11) is 0. The predicted molar refractivity (Wildman–Crippen MR) is 104 cm³/mol. The summed E-state index contributed by atoms with van der Waals surface area (Å²) in [6, 6.07) is 7.63. The van der Waals surface area contributed by atoms with E-state index in [4.69, 9.17) is 23.2 Å². The number of hydrogen-bond acceptors (Lipinski definition) is 2. The molecule has 2 aromatic carbocycles. The Morgan fingerprint density at radius 3 is 2.48 bits per heavy atom. The van der Waals surface area contributed by atoms with Crippen LogP contribution in [0, 0.1) is 5.92 Å². The van der Waals surface area contributed by atoms with Gasteiger partial charge in [-0.2, -0.15) is 13.2 Å². The molecular formula is C19H14Cl2F3N3O2. The van der Waals surface area contributed by atoms with E-state index in [0.717, 1.165) is 12.1 Å². The monoisotopic (exact) mass is 443 g/mol. The molecule has 0 aromatic heterocycles. The molecule has 1 saturated heterocycles. The Balaban J connectivity index is 1.98. The Labute approximate surface area is 173 Å². The highest BCUT2D eigenvalue weighted by Gasteiger charge is 2.40. The van der Waals surface area contributed by atoms with Crippen LogP contribution in [0.5, 0.6) is 0 Å². The molecule has 2 atom stereocenters. The Hall–Kier alpha value is -2.71. The largest absolute Gasteiger partial charge is 0.418 e. The second-order valence-electron chi connectivity index (χ2n) is 6.25. The summed E-state index contributed by atoms with van der Waals surface area (Å²) in [5.41, 5.74) is -1.06. The van der Waals surface area contributed by atoms with E-state index >= 15 is 0 Å². The minimum absolute atomic E-state index is 0.0109. The standard InChI is InChI=1S/C19H14Cl2F3N3O2/c1-9-14(17(28)26-13-8-3-2-6-11(13)19(22,23)24)16(27-18(29)25-9)10-5-4-7-12(20)15(10)21/h2-8,14,16H,1H2,(H,26,28)(H2,25,27,29)/t14-,16+/m0/s1. The van der Waals surface area contributed by atoms with Gasteiger partial charge < -0.3 is 16.0 Å². The maximum absolute atomic E-state index is 13.2. The second-order valence-corrected chi connectivity index (χ2v) is 7.04. The third-order valence-corrected chi connectivity index (χ3v) is 5.19. The third-order valence-electron chi connectivity index (χ3n) is 4.36. The quantitative estimate of drug-likeness (QED) is 0.614. The van der Waals surface area contributed by atoms with Crippen LogP contribution in [0.4, 0.5) is 23.7 Å². The number of carbonyl (C=O) groups excluding carboxylic acids is 2. The van der Waals surface area contributed by atoms with E-state index in [-0.39, 0.29) is 15.7 Å². The van der Waals surface area contributed by atoms with Gasteiger partial charge in [-0.05, 0) is 23.8 Å². The highest BCUT2D eigenvalue weighted by molar-refractivity contribution is 6.42. The van der Waals surface area contributed by atoms with Gasteiger partial charge >= 0.3 is 12.2 Å². The summed E-state index contributed by atoms with van der Waals surface area (Å²) >= 11 is 12.2. The van der Waals surface area contributed by atoms with Crippen LogP contribution in [0.1, 0.15) is 17.2 Å². The number of nitrogens with one attached hydrogen (secondary N) is 3. The van der Waals surface area contributed by atoms with Crippen molar-refractivity contribution in [2.24, 2.45) is 5.92 Å². The lowest BCUT2D eigenvalue weighted by Gasteiger charge is -2.34. The molecule has 29 heavy (non-hydrogen) atoms. The third kappa shape index (κ3) is 4.33. The van der Waals surface area contributed by atoms with Crippen LogP contribution < -0.4 is 16.0 Å². The average Bonchev–Trinajstić information content (AvgIpc) is 2.62. The maximum atomic E-state index is 13.2. The molecule has 0 radical (unpaired) electrons. The van der Waals surface area contributed by atoms with Crippen molar-refractivity contribution in [2.75, 3.05) is 5.32 Å². The summed E-state index contributed by atoms with van der Waals surface area (Å²) < 4.78 is 39.7. The first-order valence-electron chi connectivity index (χ1n) is 8.27. The minimum Gasteiger partial charge on any atom is -0.330 e. The van der Waals surface area contributed by atoms with Crippen LogP contribution in [-0.4, -0.2) is 11.9 Å². The average molecular weight is 444 g/mol. The van der Waals surface area contributed by atoms with Gasteiger partial charge in [0, 0.05) is 5.70 Å². The molecule has 1 aliphatic heterocycles. The molecule has 3 N–H and O–H groups in total.